The van der Waals surface area contributed by atoms with Crippen LogP contribution in [-0.4, -0.2) is 67.1 Å². The molecule has 4 nitrogen and oxygen atoms in total. The molecule has 1 aliphatic heterocycles. The summed E-state index contributed by atoms with van der Waals surface area (Å²) >= 11 is 0. The quantitative estimate of drug-likeness (QED) is 0.755. The third kappa shape index (κ3) is 4.01. The highest BCUT2D eigenvalue weighted by molar-refractivity contribution is 5.60. The Morgan fingerprint density at radius 1 is 1.16 bits per heavy atom. The first-order valence-corrected chi connectivity index (χ1v) is 7.69. The number of carbonyl (C=O) groups is 1. The number of aliphatic hydroxyl groups excluding tert-OH is 1. The fourth-order valence-corrected chi connectivity index (χ4v) is 3.41. The number of aldehydes is 1. The molecule has 1 heterocycles. The van der Waals surface area contributed by atoms with Crippen LogP contribution in [0.25, 0.3) is 0 Å². The summed E-state index contributed by atoms with van der Waals surface area (Å²) in [4.78, 5) is 16.3. The second kappa shape index (κ2) is 6.82. The van der Waals surface area contributed by atoms with Gasteiger partial charge in [0.2, 0.25) is 0 Å². The molecule has 0 aromatic heterocycles. The van der Waals surface area contributed by atoms with Crippen LogP contribution in [0, 0.1) is 11.3 Å². The van der Waals surface area contributed by atoms with Crippen LogP contribution < -0.4 is 0 Å². The van der Waals surface area contributed by atoms with Crippen LogP contribution in [-0.2, 0) is 4.79 Å². The summed E-state index contributed by atoms with van der Waals surface area (Å²) in [6, 6.07) is 0. The van der Waals surface area contributed by atoms with Gasteiger partial charge in [0.15, 0.2) is 0 Å². The van der Waals surface area contributed by atoms with Crippen LogP contribution in [0.4, 0.5) is 0 Å². The maximum atomic E-state index is 11.6. The Kier molecular flexibility index (Phi) is 5.37. The SMILES string of the molecule is CC1CCC(C=O)(CN2CCN(CCO)CC2)CC1. The van der Waals surface area contributed by atoms with Crippen molar-refractivity contribution in [3.63, 3.8) is 0 Å². The lowest BCUT2D eigenvalue weighted by Crippen LogP contribution is -2.51. The second-order valence-corrected chi connectivity index (χ2v) is 6.50. The van der Waals surface area contributed by atoms with Gasteiger partial charge in [-0.15, -0.1) is 0 Å². The van der Waals surface area contributed by atoms with Crippen molar-refractivity contribution in [2.24, 2.45) is 11.3 Å². The fourth-order valence-electron chi connectivity index (χ4n) is 3.41. The summed E-state index contributed by atoms with van der Waals surface area (Å²) in [6.07, 6.45) is 5.76. The van der Waals surface area contributed by atoms with Gasteiger partial charge < -0.3 is 9.90 Å². The molecule has 110 valence electrons. The molecular formula is C15H28N2O2. The van der Waals surface area contributed by atoms with Gasteiger partial charge in [0.25, 0.3) is 0 Å². The van der Waals surface area contributed by atoms with Crippen LogP contribution in [0.15, 0.2) is 0 Å². The average molecular weight is 268 g/mol. The summed E-state index contributed by atoms with van der Waals surface area (Å²) in [5.41, 5.74) is -0.0777. The molecule has 0 aromatic rings. The number of carbonyl (C=O) groups excluding carboxylic acids is 1. The molecular weight excluding hydrogens is 240 g/mol. The molecule has 0 amide bonds. The summed E-state index contributed by atoms with van der Waals surface area (Å²) < 4.78 is 0. The van der Waals surface area contributed by atoms with Gasteiger partial charge in [-0.05, 0) is 31.6 Å². The average Bonchev–Trinajstić information content (AvgIpc) is 2.44. The van der Waals surface area contributed by atoms with E-state index in [0.717, 1.165) is 58.0 Å². The zero-order valence-electron chi connectivity index (χ0n) is 12.2. The van der Waals surface area contributed by atoms with Crippen LogP contribution in [0.2, 0.25) is 0 Å². The molecule has 1 saturated carbocycles. The van der Waals surface area contributed by atoms with Crippen molar-refractivity contribution in [1.82, 2.24) is 9.80 Å². The smallest absolute Gasteiger partial charge is 0.127 e. The Balaban J connectivity index is 1.81. The lowest BCUT2D eigenvalue weighted by molar-refractivity contribution is -0.120. The van der Waals surface area contributed by atoms with Crippen LogP contribution >= 0.6 is 0 Å². The first-order valence-electron chi connectivity index (χ1n) is 7.69. The van der Waals surface area contributed by atoms with E-state index >= 15 is 0 Å². The van der Waals surface area contributed by atoms with Gasteiger partial charge in [0.05, 0.1) is 6.61 Å². The minimum absolute atomic E-state index is 0.0777. The van der Waals surface area contributed by atoms with Gasteiger partial charge >= 0.3 is 0 Å². The highest BCUT2D eigenvalue weighted by atomic mass is 16.3. The summed E-state index contributed by atoms with van der Waals surface area (Å²) in [6.45, 7) is 8.37. The van der Waals surface area contributed by atoms with E-state index in [1.807, 2.05) is 0 Å². The topological polar surface area (TPSA) is 43.8 Å². The van der Waals surface area contributed by atoms with E-state index < -0.39 is 0 Å². The molecule has 0 radical (unpaired) electrons. The first kappa shape index (κ1) is 14.9. The molecule has 4 heteroatoms. The third-order valence-electron chi connectivity index (χ3n) is 4.94. The van der Waals surface area contributed by atoms with E-state index in [1.165, 1.54) is 19.1 Å². The van der Waals surface area contributed by atoms with Crippen molar-refractivity contribution in [2.75, 3.05) is 45.9 Å². The lowest BCUT2D eigenvalue weighted by atomic mass is 9.71. The molecule has 2 rings (SSSR count). The van der Waals surface area contributed by atoms with Crippen LogP contribution in [0.1, 0.15) is 32.6 Å². The predicted octanol–water partition coefficient (Wildman–Crippen LogP) is 0.992. The Morgan fingerprint density at radius 2 is 1.74 bits per heavy atom. The van der Waals surface area contributed by atoms with Gasteiger partial charge in [0, 0.05) is 44.7 Å². The van der Waals surface area contributed by atoms with E-state index in [9.17, 15) is 4.79 Å². The lowest BCUT2D eigenvalue weighted by Gasteiger charge is -2.42. The van der Waals surface area contributed by atoms with Crippen molar-refractivity contribution >= 4 is 6.29 Å². The fraction of sp³-hybridized carbons (Fsp3) is 0.933. The van der Waals surface area contributed by atoms with Gasteiger partial charge in [-0.3, -0.25) is 9.80 Å². The molecule has 0 bridgehead atoms. The number of β-amino-alcohol motifs (C(OH)–C–C–N with tert-alkyl or cyclic N) is 1. The van der Waals surface area contributed by atoms with Crippen molar-refractivity contribution in [1.29, 1.82) is 0 Å². The molecule has 2 aliphatic rings. The largest absolute Gasteiger partial charge is 0.395 e. The maximum Gasteiger partial charge on any atom is 0.127 e. The number of piperazine rings is 1. The maximum absolute atomic E-state index is 11.6. The highest BCUT2D eigenvalue weighted by Gasteiger charge is 2.36. The summed E-state index contributed by atoms with van der Waals surface area (Å²) in [5, 5.41) is 8.95. The van der Waals surface area contributed by atoms with Gasteiger partial charge in [0.1, 0.15) is 6.29 Å². The van der Waals surface area contributed by atoms with E-state index in [-0.39, 0.29) is 12.0 Å². The Bertz CT molecular complexity index is 280. The second-order valence-electron chi connectivity index (χ2n) is 6.50. The monoisotopic (exact) mass is 268 g/mol. The van der Waals surface area contributed by atoms with Crippen molar-refractivity contribution in [3.8, 4) is 0 Å². The molecule has 1 N–H and O–H groups in total. The van der Waals surface area contributed by atoms with Crippen molar-refractivity contribution in [2.45, 2.75) is 32.6 Å². The highest BCUT2D eigenvalue weighted by Crippen LogP contribution is 2.38. The molecule has 0 aromatic carbocycles. The van der Waals surface area contributed by atoms with E-state index in [1.54, 1.807) is 0 Å². The predicted molar refractivity (Wildman–Crippen MR) is 76.1 cm³/mol. The van der Waals surface area contributed by atoms with Gasteiger partial charge in [-0.2, -0.15) is 0 Å². The minimum atomic E-state index is -0.0777. The molecule has 1 aliphatic carbocycles. The molecule has 2 fully saturated rings. The molecule has 0 unspecified atom stereocenters. The Morgan fingerprint density at radius 3 is 2.26 bits per heavy atom. The van der Waals surface area contributed by atoms with Crippen LogP contribution in [0.5, 0.6) is 0 Å². The van der Waals surface area contributed by atoms with Crippen LogP contribution in [0.3, 0.4) is 0 Å². The molecule has 0 spiro atoms. The summed E-state index contributed by atoms with van der Waals surface area (Å²) in [5.74, 6) is 0.787. The normalized spacial score (nSPS) is 34.3. The molecule has 19 heavy (non-hydrogen) atoms. The van der Waals surface area contributed by atoms with Gasteiger partial charge in [-0.25, -0.2) is 0 Å². The number of hydrogen-bond acceptors (Lipinski definition) is 4. The van der Waals surface area contributed by atoms with Crippen molar-refractivity contribution in [3.05, 3.63) is 0 Å². The first-order chi connectivity index (χ1) is 9.17. The number of aliphatic hydroxyl groups is 1. The van der Waals surface area contributed by atoms with E-state index in [0.29, 0.717) is 0 Å². The third-order valence-corrected chi connectivity index (χ3v) is 4.94. The van der Waals surface area contributed by atoms with E-state index in [4.69, 9.17) is 5.11 Å². The zero-order valence-corrected chi connectivity index (χ0v) is 12.2. The standard InChI is InChI=1S/C15H28N2O2/c1-14-2-4-15(13-19,5-3-14)12-17-8-6-16(7-9-17)10-11-18/h13-14,18H,2-12H2,1H3. The zero-order chi connectivity index (χ0) is 13.7. The van der Waals surface area contributed by atoms with Gasteiger partial charge in [-0.1, -0.05) is 6.92 Å². The van der Waals surface area contributed by atoms with Crippen molar-refractivity contribution < 1.29 is 9.90 Å². The minimum Gasteiger partial charge on any atom is -0.395 e. The molecule has 1 saturated heterocycles. The molecule has 0 atom stereocenters. The number of nitrogens with zero attached hydrogens (tertiary/aromatic N) is 2. The number of rotatable bonds is 5. The Hall–Kier alpha value is -0.450. The Labute approximate surface area is 116 Å². The summed E-state index contributed by atoms with van der Waals surface area (Å²) in [7, 11) is 0. The van der Waals surface area contributed by atoms with E-state index in [2.05, 4.69) is 16.7 Å². The number of hydrogen-bond donors (Lipinski definition) is 1.